The van der Waals surface area contributed by atoms with E-state index in [1.54, 1.807) is 37.8 Å². The smallest absolute Gasteiger partial charge is 0.317 e. The molecule has 4 fully saturated rings. The number of carbonyl (C=O) groups excluding carboxylic acids is 7. The number of imide groups is 1. The van der Waals surface area contributed by atoms with E-state index in [-0.39, 0.29) is 145 Å². The molecule has 538 valence electrons. The third-order valence-electron chi connectivity index (χ3n) is 17.7. The molecule has 7 rings (SSSR count). The minimum Gasteiger partial charge on any atom is -0.494 e. The maximum Gasteiger partial charge on any atom is 0.317 e. The Morgan fingerprint density at radius 1 is 0.704 bits per heavy atom. The molecule has 1 aromatic heterocycles. The Labute approximate surface area is 588 Å². The molecule has 31 heteroatoms. The molecular formula is C67H94F2IN13O14S. The number of benzene rings is 2. The van der Waals surface area contributed by atoms with Gasteiger partial charge in [-0.3, -0.25) is 87.3 Å². The molecule has 0 radical (unpaired) electrons. The van der Waals surface area contributed by atoms with E-state index >= 15 is 0 Å². The molecule has 2 aromatic carbocycles. The van der Waals surface area contributed by atoms with E-state index in [0.717, 1.165) is 47.1 Å². The molecule has 5 heterocycles. The number of nitrogens with one attached hydrogen (secondary N) is 3. The molecule has 6 N–H and O–H groups in total. The number of ether oxygens (including phenoxy) is 1. The lowest BCUT2D eigenvalue weighted by Crippen LogP contribution is -2.50. The van der Waals surface area contributed by atoms with E-state index in [1.165, 1.54) is 47.8 Å². The third kappa shape index (κ3) is 26.9. The van der Waals surface area contributed by atoms with Crippen molar-refractivity contribution in [3.8, 4) is 5.75 Å². The largest absolute Gasteiger partial charge is 0.494 e. The first-order chi connectivity index (χ1) is 47.0. The van der Waals surface area contributed by atoms with Crippen LogP contribution < -0.4 is 20.7 Å². The summed E-state index contributed by atoms with van der Waals surface area (Å²) in [5, 5.41) is 37.0. The Morgan fingerprint density at radius 3 is 1.97 bits per heavy atom. The number of carbonyl (C=O) groups is 10. The summed E-state index contributed by atoms with van der Waals surface area (Å²) in [6.45, 7) is 4.00. The lowest BCUT2D eigenvalue weighted by molar-refractivity contribution is -0.140. The van der Waals surface area contributed by atoms with Crippen LogP contribution in [0.4, 0.5) is 8.78 Å². The fourth-order valence-electron chi connectivity index (χ4n) is 12.4. The average molecular weight is 1500 g/mol. The lowest BCUT2D eigenvalue weighted by Gasteiger charge is -2.35. The van der Waals surface area contributed by atoms with Crippen molar-refractivity contribution in [2.75, 3.05) is 158 Å². The highest BCUT2D eigenvalue weighted by Crippen LogP contribution is 2.33. The first-order valence-electron chi connectivity index (χ1n) is 33.7. The Morgan fingerprint density at radius 2 is 1.34 bits per heavy atom. The number of likely N-dealkylation sites (tertiary alicyclic amines) is 2. The summed E-state index contributed by atoms with van der Waals surface area (Å²) in [5.41, 5.74) is 1.95. The van der Waals surface area contributed by atoms with E-state index in [4.69, 9.17) is 4.74 Å². The monoisotopic (exact) mass is 1500 g/mol. The highest BCUT2D eigenvalue weighted by Gasteiger charge is 2.46. The minimum atomic E-state index is -3.05. The number of carboxylic acid groups (broad SMARTS) is 3. The van der Waals surface area contributed by atoms with Crippen molar-refractivity contribution in [3.05, 3.63) is 69.4 Å². The van der Waals surface area contributed by atoms with Gasteiger partial charge in [-0.15, -0.1) is 11.8 Å². The minimum absolute atomic E-state index is 0.0179. The number of aromatic nitrogens is 1. The topological polar surface area (TPSA) is 328 Å². The van der Waals surface area contributed by atoms with Gasteiger partial charge in [-0.25, -0.2) is 8.78 Å². The van der Waals surface area contributed by atoms with Gasteiger partial charge in [-0.2, -0.15) is 0 Å². The quantitative estimate of drug-likeness (QED) is 0.0211. The van der Waals surface area contributed by atoms with Gasteiger partial charge in [0, 0.05) is 158 Å². The Kier molecular flexibility index (Phi) is 32.2. The normalized spacial score (nSPS) is 19.1. The van der Waals surface area contributed by atoms with Crippen LogP contribution in [0, 0.1) is 3.57 Å². The predicted molar refractivity (Wildman–Crippen MR) is 372 cm³/mol. The number of pyridine rings is 1. The van der Waals surface area contributed by atoms with E-state index < -0.39 is 66.4 Å². The molecule has 7 amide bonds. The second-order valence-corrected chi connectivity index (χ2v) is 28.0. The number of aliphatic imine (C=N–C) groups is 1. The molecule has 0 saturated carbocycles. The van der Waals surface area contributed by atoms with E-state index in [2.05, 4.69) is 65.6 Å². The van der Waals surface area contributed by atoms with Gasteiger partial charge in [0.1, 0.15) is 5.75 Å². The number of nitrogens with zero attached hydrogens (tertiary/aromatic N) is 10. The van der Waals surface area contributed by atoms with Gasteiger partial charge in [-0.05, 0) is 116 Å². The molecule has 4 aliphatic heterocycles. The molecule has 98 heavy (non-hydrogen) atoms. The van der Waals surface area contributed by atoms with Crippen LogP contribution in [-0.2, 0) is 49.6 Å². The van der Waals surface area contributed by atoms with Crippen LogP contribution in [0.25, 0.3) is 10.9 Å². The number of aryl methyl sites for hydroxylation is 1. The van der Waals surface area contributed by atoms with E-state index in [9.17, 15) is 72.0 Å². The molecule has 3 atom stereocenters. The molecule has 0 spiro atoms. The molecule has 3 aromatic rings. The number of amides is 7. The summed E-state index contributed by atoms with van der Waals surface area (Å²) in [6, 6.07) is 14.1. The molecule has 0 bridgehead atoms. The third-order valence-corrected chi connectivity index (χ3v) is 19.9. The zero-order valence-electron chi connectivity index (χ0n) is 55.8. The number of carboxylic acids is 3. The SMILES string of the molecule is C/N=C/[C@H]1CC(F)(F)CN1C(=O)CNC(=O)c1ccnc2ccc(OCCCCN3CCN(C(=O)CCCN4C(=O)CC(SC(CCCCCNC(=O)CCCc5ccc(I)cc5)CNC(=O)CN5CCN(CC(=O)O)CCN(CC(=O)O)CCN(CC(=O)O)CC5)C4=O)CC3)cc12. The number of alkyl halides is 2. The van der Waals surface area contributed by atoms with Crippen molar-refractivity contribution in [3.63, 3.8) is 0 Å². The Balaban J connectivity index is 0.842. The number of piperazine rings is 1. The Bertz CT molecular complexity index is 3190. The molecule has 2 unspecified atom stereocenters. The number of rotatable bonds is 36. The zero-order chi connectivity index (χ0) is 70.6. The van der Waals surface area contributed by atoms with Crippen LogP contribution in [-0.4, -0.2) is 305 Å². The summed E-state index contributed by atoms with van der Waals surface area (Å²) >= 11 is 3.60. The van der Waals surface area contributed by atoms with Gasteiger partial charge >= 0.3 is 17.9 Å². The highest BCUT2D eigenvalue weighted by molar-refractivity contribution is 14.1. The van der Waals surface area contributed by atoms with Crippen LogP contribution in [0.2, 0.25) is 0 Å². The first-order valence-corrected chi connectivity index (χ1v) is 35.7. The number of aliphatic carboxylic acids is 3. The number of halogens is 3. The van der Waals surface area contributed by atoms with E-state index in [1.807, 2.05) is 17.0 Å². The van der Waals surface area contributed by atoms with Gasteiger partial charge < -0.3 is 45.8 Å². The summed E-state index contributed by atoms with van der Waals surface area (Å²) in [4.78, 5) is 150. The maximum absolute atomic E-state index is 14.1. The summed E-state index contributed by atoms with van der Waals surface area (Å²) in [5.74, 6) is -8.04. The van der Waals surface area contributed by atoms with Gasteiger partial charge in [0.15, 0.2) is 0 Å². The van der Waals surface area contributed by atoms with Crippen LogP contribution in [0.5, 0.6) is 5.75 Å². The number of hydrogen-bond donors (Lipinski definition) is 6. The fraction of sp³-hybridized carbons (Fsp3) is 0.612. The molecule has 27 nitrogen and oxygen atoms in total. The second-order valence-electron chi connectivity index (χ2n) is 25.3. The van der Waals surface area contributed by atoms with Crippen molar-refractivity contribution in [2.24, 2.45) is 4.99 Å². The fourth-order valence-corrected chi connectivity index (χ4v) is 14.2. The molecule has 4 saturated heterocycles. The van der Waals surface area contributed by atoms with Crippen LogP contribution in [0.3, 0.4) is 0 Å². The lowest BCUT2D eigenvalue weighted by atomic mass is 10.1. The van der Waals surface area contributed by atoms with Crippen LogP contribution in [0.1, 0.15) is 93.0 Å². The highest BCUT2D eigenvalue weighted by atomic mass is 127. The van der Waals surface area contributed by atoms with Crippen molar-refractivity contribution in [1.29, 1.82) is 0 Å². The van der Waals surface area contributed by atoms with Gasteiger partial charge in [0.05, 0.1) is 68.2 Å². The summed E-state index contributed by atoms with van der Waals surface area (Å²) in [6.07, 6.45) is 8.89. The van der Waals surface area contributed by atoms with Crippen molar-refractivity contribution < 1.29 is 76.8 Å². The summed E-state index contributed by atoms with van der Waals surface area (Å²) in [7, 11) is 1.45. The maximum atomic E-state index is 14.1. The first kappa shape index (κ1) is 78.3. The number of unbranched alkanes of at least 4 members (excludes halogenated alkanes) is 3. The zero-order valence-corrected chi connectivity index (χ0v) is 58.8. The molecule has 0 aliphatic carbocycles. The molecule has 4 aliphatic rings. The standard InChI is InChI=1S/C67H94F2IN13O14S/c1-71-40-50-39-67(68,69)47-83(50)61(88)42-75-65(95)53-19-21-72-55-18-17-51(37-54(53)55)97-36-6-5-22-76-32-34-81(35-33-76)59(86)12-8-23-82-60(87)38-56(66(82)96)98-52(10-3-2-4-20-73-57(84)11-7-9-48-13-15-49(70)16-14-48)41-74-58(85)43-77-24-26-78(44-62(89)90)28-30-80(46-64(93)94)31-29-79(27-25-77)45-63(91)92/h13-19,21,37,40,50,52,56H,2-12,20,22-36,38-39,41-47H2,1H3,(H,73,84)(H,74,85)(H,75,95)(H,89,90)(H,91,92)(H,93,94)/b71-40+/t50-,52?,56?/m1/s1. The number of hydrogen-bond acceptors (Lipinski definition) is 19. The number of thioether (sulfide) groups is 1. The van der Waals surface area contributed by atoms with Crippen molar-refractivity contribution in [2.45, 2.75) is 106 Å². The second kappa shape index (κ2) is 40.3. The van der Waals surface area contributed by atoms with Gasteiger partial charge in [0.2, 0.25) is 35.4 Å². The summed E-state index contributed by atoms with van der Waals surface area (Å²) < 4.78 is 35.5. The van der Waals surface area contributed by atoms with Gasteiger partial charge in [0.25, 0.3) is 11.8 Å². The van der Waals surface area contributed by atoms with Gasteiger partial charge in [-0.1, -0.05) is 25.0 Å². The van der Waals surface area contributed by atoms with Crippen LogP contribution in [0.15, 0.2) is 59.7 Å². The van der Waals surface area contributed by atoms with Crippen molar-refractivity contribution in [1.82, 2.24) is 60.1 Å². The Hall–Kier alpha value is -7.04. The van der Waals surface area contributed by atoms with E-state index in [0.29, 0.717) is 88.1 Å². The number of fused-ring (bicyclic) bond motifs is 1. The van der Waals surface area contributed by atoms with Crippen LogP contribution >= 0.6 is 34.4 Å². The van der Waals surface area contributed by atoms with Crippen molar-refractivity contribution >= 4 is 111 Å². The average Bonchev–Trinajstić information content (AvgIpc) is 1.53. The molecular weight excluding hydrogens is 1410 g/mol. The predicted octanol–water partition coefficient (Wildman–Crippen LogP) is 3.11.